The lowest BCUT2D eigenvalue weighted by atomic mass is 9.86. The molecule has 1 aromatic heterocycles. The maximum atomic E-state index is 9.78. The second kappa shape index (κ2) is 5.33. The molecule has 0 aliphatic heterocycles. The fourth-order valence-corrected chi connectivity index (χ4v) is 2.30. The van der Waals surface area contributed by atoms with Crippen LogP contribution in [0.2, 0.25) is 0 Å². The number of nitrogens with one attached hydrogen (secondary N) is 2. The molecule has 2 atom stereocenters. The van der Waals surface area contributed by atoms with Gasteiger partial charge in [0.05, 0.1) is 6.10 Å². The average molecular weight is 208 g/mol. The molecule has 0 amide bonds. The van der Waals surface area contributed by atoms with Crippen molar-refractivity contribution in [1.82, 2.24) is 10.3 Å². The Morgan fingerprint density at radius 3 is 3.00 bits per heavy atom. The van der Waals surface area contributed by atoms with Crippen molar-refractivity contribution in [2.45, 2.75) is 38.3 Å². The van der Waals surface area contributed by atoms with Gasteiger partial charge < -0.3 is 15.4 Å². The van der Waals surface area contributed by atoms with Crippen molar-refractivity contribution in [3.05, 3.63) is 24.0 Å². The predicted molar refractivity (Wildman–Crippen MR) is 60.5 cm³/mol. The third-order valence-corrected chi connectivity index (χ3v) is 3.25. The van der Waals surface area contributed by atoms with Crippen LogP contribution in [0.1, 0.15) is 31.4 Å². The van der Waals surface area contributed by atoms with Crippen molar-refractivity contribution < 1.29 is 5.11 Å². The predicted octanol–water partition coefficient (Wildman–Crippen LogP) is 1.66. The van der Waals surface area contributed by atoms with E-state index < -0.39 is 0 Å². The van der Waals surface area contributed by atoms with Gasteiger partial charge in [-0.05, 0) is 30.9 Å². The lowest BCUT2D eigenvalue weighted by molar-refractivity contribution is 0.0694. The van der Waals surface area contributed by atoms with Gasteiger partial charge >= 0.3 is 0 Å². The fourth-order valence-electron chi connectivity index (χ4n) is 2.30. The van der Waals surface area contributed by atoms with Gasteiger partial charge in [-0.3, -0.25) is 0 Å². The molecule has 0 radical (unpaired) electrons. The zero-order valence-electron chi connectivity index (χ0n) is 9.08. The number of hydrogen-bond donors (Lipinski definition) is 3. The summed E-state index contributed by atoms with van der Waals surface area (Å²) in [6.07, 6.45) is 6.45. The van der Waals surface area contributed by atoms with Gasteiger partial charge in [0.1, 0.15) is 0 Å². The highest BCUT2D eigenvalue weighted by molar-refractivity contribution is 5.02. The van der Waals surface area contributed by atoms with E-state index in [1.54, 1.807) is 0 Å². The van der Waals surface area contributed by atoms with Crippen LogP contribution in [0.15, 0.2) is 18.3 Å². The minimum atomic E-state index is -0.0881. The number of aromatic amines is 1. The maximum absolute atomic E-state index is 9.78. The summed E-state index contributed by atoms with van der Waals surface area (Å²) in [6, 6.07) is 4.08. The Morgan fingerprint density at radius 2 is 2.27 bits per heavy atom. The van der Waals surface area contributed by atoms with E-state index in [0.717, 1.165) is 19.5 Å². The van der Waals surface area contributed by atoms with Gasteiger partial charge in [-0.2, -0.15) is 0 Å². The molecule has 1 aliphatic rings. The van der Waals surface area contributed by atoms with Gasteiger partial charge in [-0.15, -0.1) is 0 Å². The van der Waals surface area contributed by atoms with Crippen molar-refractivity contribution >= 4 is 0 Å². The van der Waals surface area contributed by atoms with E-state index >= 15 is 0 Å². The van der Waals surface area contributed by atoms with E-state index in [1.807, 2.05) is 12.3 Å². The largest absolute Gasteiger partial charge is 0.393 e. The van der Waals surface area contributed by atoms with Gasteiger partial charge in [-0.25, -0.2) is 0 Å². The second-order valence-electron chi connectivity index (χ2n) is 4.44. The molecule has 2 rings (SSSR count). The molecule has 3 N–H and O–H groups in total. The highest BCUT2D eigenvalue weighted by Gasteiger charge is 2.22. The van der Waals surface area contributed by atoms with E-state index in [2.05, 4.69) is 16.4 Å². The molecule has 0 spiro atoms. The van der Waals surface area contributed by atoms with Crippen molar-refractivity contribution in [2.75, 3.05) is 6.54 Å². The first-order valence-electron chi connectivity index (χ1n) is 5.87. The lowest BCUT2D eigenvalue weighted by Gasteiger charge is -2.27. The quantitative estimate of drug-likeness (QED) is 0.704. The molecular formula is C12H20N2O. The van der Waals surface area contributed by atoms with Crippen LogP contribution in [0, 0.1) is 5.92 Å². The number of aliphatic hydroxyl groups is 1. The van der Waals surface area contributed by atoms with E-state index in [9.17, 15) is 5.11 Å². The smallest absolute Gasteiger partial charge is 0.0580 e. The Labute approximate surface area is 90.9 Å². The summed E-state index contributed by atoms with van der Waals surface area (Å²) in [5, 5.41) is 13.2. The van der Waals surface area contributed by atoms with Crippen LogP contribution in [-0.4, -0.2) is 22.7 Å². The van der Waals surface area contributed by atoms with Gasteiger partial charge in [-0.1, -0.05) is 12.8 Å². The first kappa shape index (κ1) is 10.7. The Kier molecular flexibility index (Phi) is 3.80. The molecule has 84 valence electrons. The summed E-state index contributed by atoms with van der Waals surface area (Å²) in [6.45, 7) is 1.80. The minimum absolute atomic E-state index is 0.0881. The van der Waals surface area contributed by atoms with Crippen molar-refractivity contribution in [2.24, 2.45) is 5.92 Å². The van der Waals surface area contributed by atoms with Crippen LogP contribution in [-0.2, 0) is 6.54 Å². The molecule has 15 heavy (non-hydrogen) atoms. The number of rotatable bonds is 4. The first-order valence-corrected chi connectivity index (χ1v) is 5.87. The molecule has 1 heterocycles. The second-order valence-corrected chi connectivity index (χ2v) is 4.44. The van der Waals surface area contributed by atoms with E-state index in [4.69, 9.17) is 0 Å². The van der Waals surface area contributed by atoms with E-state index in [1.165, 1.54) is 25.0 Å². The normalized spacial score (nSPS) is 26.7. The van der Waals surface area contributed by atoms with Gasteiger partial charge in [0.2, 0.25) is 0 Å². The van der Waals surface area contributed by atoms with Crippen LogP contribution in [0.4, 0.5) is 0 Å². The Morgan fingerprint density at radius 1 is 1.40 bits per heavy atom. The van der Waals surface area contributed by atoms with Crippen LogP contribution < -0.4 is 5.32 Å². The zero-order chi connectivity index (χ0) is 10.5. The SMILES string of the molecule is OC1CCCCC1CNCc1ccc[nH]1. The molecule has 1 saturated carbocycles. The Hall–Kier alpha value is -0.800. The lowest BCUT2D eigenvalue weighted by Crippen LogP contribution is -2.33. The standard InChI is InChI=1S/C12H20N2O/c15-12-6-2-1-4-10(12)8-13-9-11-5-3-7-14-11/h3,5,7,10,12-15H,1-2,4,6,8-9H2. The molecule has 1 aromatic rings. The monoisotopic (exact) mass is 208 g/mol. The summed E-state index contributed by atoms with van der Waals surface area (Å²) < 4.78 is 0. The van der Waals surface area contributed by atoms with Crippen molar-refractivity contribution in [3.63, 3.8) is 0 Å². The van der Waals surface area contributed by atoms with Crippen LogP contribution >= 0.6 is 0 Å². The summed E-state index contributed by atoms with van der Waals surface area (Å²) in [5.74, 6) is 0.453. The number of H-pyrrole nitrogens is 1. The fraction of sp³-hybridized carbons (Fsp3) is 0.667. The van der Waals surface area contributed by atoms with Crippen LogP contribution in [0.3, 0.4) is 0 Å². The highest BCUT2D eigenvalue weighted by Crippen LogP contribution is 2.23. The minimum Gasteiger partial charge on any atom is -0.393 e. The van der Waals surface area contributed by atoms with Gasteiger partial charge in [0.15, 0.2) is 0 Å². The van der Waals surface area contributed by atoms with E-state index in [-0.39, 0.29) is 6.10 Å². The third kappa shape index (κ3) is 3.08. The topological polar surface area (TPSA) is 48.0 Å². The first-order chi connectivity index (χ1) is 7.36. The average Bonchev–Trinajstić information content (AvgIpc) is 2.74. The molecule has 1 fully saturated rings. The highest BCUT2D eigenvalue weighted by atomic mass is 16.3. The molecular weight excluding hydrogens is 188 g/mol. The van der Waals surface area contributed by atoms with Crippen molar-refractivity contribution in [3.8, 4) is 0 Å². The summed E-state index contributed by atoms with van der Waals surface area (Å²) in [4.78, 5) is 3.16. The molecule has 3 heteroatoms. The molecule has 0 saturated heterocycles. The summed E-state index contributed by atoms with van der Waals surface area (Å²) in [5.41, 5.74) is 1.21. The third-order valence-electron chi connectivity index (χ3n) is 3.25. The van der Waals surface area contributed by atoms with E-state index in [0.29, 0.717) is 5.92 Å². The Bertz CT molecular complexity index is 271. The number of aromatic nitrogens is 1. The molecule has 2 unspecified atom stereocenters. The molecule has 0 bridgehead atoms. The zero-order valence-corrected chi connectivity index (χ0v) is 9.08. The number of hydrogen-bond acceptors (Lipinski definition) is 2. The Balaban J connectivity index is 1.68. The van der Waals surface area contributed by atoms with Gasteiger partial charge in [0, 0.05) is 25.0 Å². The maximum Gasteiger partial charge on any atom is 0.0580 e. The summed E-state index contributed by atoms with van der Waals surface area (Å²) in [7, 11) is 0. The van der Waals surface area contributed by atoms with Crippen LogP contribution in [0.25, 0.3) is 0 Å². The summed E-state index contributed by atoms with van der Waals surface area (Å²) >= 11 is 0. The molecule has 0 aromatic carbocycles. The number of aliphatic hydroxyl groups excluding tert-OH is 1. The molecule has 1 aliphatic carbocycles. The van der Waals surface area contributed by atoms with Crippen LogP contribution in [0.5, 0.6) is 0 Å². The molecule has 3 nitrogen and oxygen atoms in total. The van der Waals surface area contributed by atoms with Gasteiger partial charge in [0.25, 0.3) is 0 Å². The van der Waals surface area contributed by atoms with Crippen molar-refractivity contribution in [1.29, 1.82) is 0 Å².